The predicted octanol–water partition coefficient (Wildman–Crippen LogP) is 5.50. The summed E-state index contributed by atoms with van der Waals surface area (Å²) in [6.07, 6.45) is 0. The van der Waals surface area contributed by atoms with E-state index in [1.165, 1.54) is 23.9 Å². The van der Waals surface area contributed by atoms with Crippen molar-refractivity contribution in [1.29, 1.82) is 0 Å². The highest BCUT2D eigenvalue weighted by molar-refractivity contribution is 9.10. The number of fused-ring (bicyclic) bond motifs is 1. The number of rotatable bonds is 3. The van der Waals surface area contributed by atoms with E-state index >= 15 is 0 Å². The van der Waals surface area contributed by atoms with E-state index in [4.69, 9.17) is 0 Å². The summed E-state index contributed by atoms with van der Waals surface area (Å²) in [5.41, 5.74) is 1.10. The van der Waals surface area contributed by atoms with Crippen LogP contribution in [0.2, 0.25) is 0 Å². The largest absolute Gasteiger partial charge is 0.350 e. The van der Waals surface area contributed by atoms with Crippen LogP contribution in [0.3, 0.4) is 0 Å². The lowest BCUT2D eigenvalue weighted by Crippen LogP contribution is -1.94. The number of hydrogen-bond acceptors (Lipinski definition) is 1. The maximum absolute atomic E-state index is 13.9. The lowest BCUT2D eigenvalue weighted by Gasteiger charge is -2.05. The van der Waals surface area contributed by atoms with Gasteiger partial charge in [0.1, 0.15) is 11.6 Å². The van der Waals surface area contributed by atoms with Crippen molar-refractivity contribution in [3.63, 3.8) is 0 Å². The molecule has 0 bridgehead atoms. The van der Waals surface area contributed by atoms with Crippen molar-refractivity contribution < 1.29 is 8.78 Å². The maximum atomic E-state index is 13.9. The van der Waals surface area contributed by atoms with Crippen molar-refractivity contribution in [3.8, 4) is 0 Å². The molecule has 0 radical (unpaired) electrons. The fourth-order valence-electron chi connectivity index (χ4n) is 1.98. The minimum absolute atomic E-state index is 0.0861. The minimum Gasteiger partial charge on any atom is -0.350 e. The molecule has 2 aromatic carbocycles. The van der Waals surface area contributed by atoms with Crippen molar-refractivity contribution in [2.45, 2.75) is 10.8 Å². The number of aromatic amines is 1. The smallest absolute Gasteiger partial charge is 0.144 e. The molecular weight excluding hydrogens is 344 g/mol. The number of halogens is 3. The van der Waals surface area contributed by atoms with Crippen molar-refractivity contribution >= 4 is 38.6 Å². The van der Waals surface area contributed by atoms with Crippen LogP contribution < -0.4 is 0 Å². The summed E-state index contributed by atoms with van der Waals surface area (Å²) in [6.45, 7) is 0. The molecule has 3 rings (SSSR count). The van der Waals surface area contributed by atoms with Crippen molar-refractivity contribution in [1.82, 2.24) is 4.98 Å². The topological polar surface area (TPSA) is 15.8 Å². The van der Waals surface area contributed by atoms with Crippen LogP contribution in [0.25, 0.3) is 10.9 Å². The molecule has 20 heavy (non-hydrogen) atoms. The fraction of sp³-hybridized carbons (Fsp3) is 0.0667. The molecule has 1 heterocycles. The molecule has 102 valence electrons. The molecule has 0 spiro atoms. The van der Waals surface area contributed by atoms with Crippen LogP contribution in [0.15, 0.2) is 52.0 Å². The second-order valence-corrected chi connectivity index (χ2v) is 6.20. The van der Waals surface area contributed by atoms with Gasteiger partial charge in [0.15, 0.2) is 0 Å². The average molecular weight is 354 g/mol. The van der Waals surface area contributed by atoms with E-state index in [0.717, 1.165) is 15.9 Å². The Morgan fingerprint density at radius 3 is 2.70 bits per heavy atom. The van der Waals surface area contributed by atoms with Crippen LogP contribution in [-0.2, 0) is 5.75 Å². The van der Waals surface area contributed by atoms with Crippen molar-refractivity contribution in [3.05, 3.63) is 64.1 Å². The molecule has 0 aliphatic heterocycles. The monoisotopic (exact) mass is 353 g/mol. The van der Waals surface area contributed by atoms with Gasteiger partial charge < -0.3 is 4.98 Å². The average Bonchev–Trinajstić information content (AvgIpc) is 2.86. The molecule has 1 aromatic heterocycles. The second-order valence-electron chi connectivity index (χ2n) is 4.33. The highest BCUT2D eigenvalue weighted by Crippen LogP contribution is 2.30. The number of hydrogen-bond donors (Lipinski definition) is 1. The van der Waals surface area contributed by atoms with E-state index in [0.29, 0.717) is 0 Å². The molecule has 0 atom stereocenters. The van der Waals surface area contributed by atoms with Crippen molar-refractivity contribution in [2.24, 2.45) is 0 Å². The Morgan fingerprint density at radius 1 is 1.10 bits per heavy atom. The Labute approximate surface area is 127 Å². The normalized spacial score (nSPS) is 11.2. The molecule has 0 saturated heterocycles. The summed E-state index contributed by atoms with van der Waals surface area (Å²) in [7, 11) is 0. The molecule has 0 saturated carbocycles. The van der Waals surface area contributed by atoms with Gasteiger partial charge in [-0.1, -0.05) is 18.2 Å². The van der Waals surface area contributed by atoms with Gasteiger partial charge >= 0.3 is 0 Å². The Bertz CT molecular complexity index is 737. The second kappa shape index (κ2) is 5.58. The lowest BCUT2D eigenvalue weighted by atomic mass is 10.2. The molecule has 0 amide bonds. The molecule has 0 fully saturated rings. The van der Waals surface area contributed by atoms with Gasteiger partial charge in [-0.25, -0.2) is 8.78 Å². The first kappa shape index (κ1) is 13.6. The molecule has 0 aliphatic carbocycles. The first-order valence-electron chi connectivity index (χ1n) is 5.98. The lowest BCUT2D eigenvalue weighted by molar-refractivity contribution is 0.562. The van der Waals surface area contributed by atoms with E-state index in [-0.39, 0.29) is 15.8 Å². The quantitative estimate of drug-likeness (QED) is 0.485. The Morgan fingerprint density at radius 2 is 1.90 bits per heavy atom. The van der Waals surface area contributed by atoms with Gasteiger partial charge in [-0.3, -0.25) is 0 Å². The zero-order valence-electron chi connectivity index (χ0n) is 10.3. The van der Waals surface area contributed by atoms with Crippen LogP contribution >= 0.6 is 27.7 Å². The Hall–Kier alpha value is -1.33. The fourth-order valence-corrected chi connectivity index (χ4v) is 3.30. The van der Waals surface area contributed by atoms with Crippen LogP contribution in [0, 0.1) is 11.6 Å². The molecule has 3 aromatic rings. The van der Waals surface area contributed by atoms with E-state index < -0.39 is 11.6 Å². The van der Waals surface area contributed by atoms with Crippen LogP contribution in [-0.4, -0.2) is 4.98 Å². The minimum atomic E-state index is -0.534. The first-order valence-corrected chi connectivity index (χ1v) is 7.76. The number of nitrogens with one attached hydrogen (secondary N) is 1. The third kappa shape index (κ3) is 2.60. The van der Waals surface area contributed by atoms with Gasteiger partial charge in [0.05, 0.1) is 9.50 Å². The summed E-state index contributed by atoms with van der Waals surface area (Å²) in [6, 6.07) is 12.5. The highest BCUT2D eigenvalue weighted by Gasteiger charge is 2.13. The van der Waals surface area contributed by atoms with Crippen LogP contribution in [0.5, 0.6) is 0 Å². The number of thioether (sulfide) groups is 1. The first-order chi connectivity index (χ1) is 9.65. The number of benzene rings is 2. The van der Waals surface area contributed by atoms with E-state index in [9.17, 15) is 8.78 Å². The van der Waals surface area contributed by atoms with Gasteiger partial charge in [-0.2, -0.15) is 0 Å². The van der Waals surface area contributed by atoms with Crippen LogP contribution in [0.1, 0.15) is 5.56 Å². The van der Waals surface area contributed by atoms with E-state index in [1.807, 2.05) is 30.3 Å². The summed E-state index contributed by atoms with van der Waals surface area (Å²) in [5.74, 6) is -0.813. The van der Waals surface area contributed by atoms with Gasteiger partial charge in [-0.05, 0) is 40.2 Å². The summed E-state index contributed by atoms with van der Waals surface area (Å²) in [5, 5.41) is 1.98. The summed E-state index contributed by atoms with van der Waals surface area (Å²) >= 11 is 4.46. The highest BCUT2D eigenvalue weighted by atomic mass is 79.9. The van der Waals surface area contributed by atoms with Gasteiger partial charge in [0.2, 0.25) is 0 Å². The number of para-hydroxylation sites is 1. The zero-order valence-corrected chi connectivity index (χ0v) is 12.7. The van der Waals surface area contributed by atoms with Gasteiger partial charge in [0.25, 0.3) is 0 Å². The predicted molar refractivity (Wildman–Crippen MR) is 81.9 cm³/mol. The molecule has 0 aliphatic rings. The number of aromatic nitrogens is 1. The van der Waals surface area contributed by atoms with Crippen molar-refractivity contribution in [2.75, 3.05) is 0 Å². The Kier molecular flexibility index (Phi) is 3.81. The van der Waals surface area contributed by atoms with E-state index in [1.54, 1.807) is 0 Å². The van der Waals surface area contributed by atoms with Crippen LogP contribution in [0.4, 0.5) is 8.78 Å². The summed E-state index contributed by atoms with van der Waals surface area (Å²) in [4.78, 5) is 3.23. The molecule has 1 nitrogen and oxygen atoms in total. The maximum Gasteiger partial charge on any atom is 0.144 e. The molecular formula is C15H10BrF2NS. The Balaban J connectivity index is 1.84. The SMILES string of the molecule is Fc1ccc(Br)c(F)c1CSc1cc2ccccc2[nH]1. The third-order valence-electron chi connectivity index (χ3n) is 3.02. The van der Waals surface area contributed by atoms with E-state index in [2.05, 4.69) is 20.9 Å². The zero-order chi connectivity index (χ0) is 14.1. The molecule has 1 N–H and O–H groups in total. The summed E-state index contributed by atoms with van der Waals surface area (Å²) < 4.78 is 27.8. The molecule has 5 heteroatoms. The molecule has 0 unspecified atom stereocenters. The van der Waals surface area contributed by atoms with Gasteiger partial charge in [-0.15, -0.1) is 11.8 Å². The number of H-pyrrole nitrogens is 1. The van der Waals surface area contributed by atoms with Gasteiger partial charge in [0, 0.05) is 22.2 Å². The standard InChI is InChI=1S/C15H10BrF2NS/c16-11-5-6-12(17)10(15(11)18)8-20-14-7-9-3-1-2-4-13(9)19-14/h1-7,19H,8H2. The third-order valence-corrected chi connectivity index (χ3v) is 4.59.